The molecule has 4 rings (SSSR count). The standard InChI is InChI=1S/C25H30N2O/c1-5-25-16-20(4)6-11-21(25)17-28-24(26-22-12-7-18(2)8-13-22)27(25)23-14-9-19(3)10-15-23/h5,7-10,12-15,20-21H,1,6,11,16-17H2,2-4H3/t20?,21-,25-/m0/s1. The molecule has 0 amide bonds. The molecule has 1 saturated carbocycles. The van der Waals surface area contributed by atoms with Crippen LogP contribution in [-0.4, -0.2) is 18.2 Å². The van der Waals surface area contributed by atoms with Crippen molar-refractivity contribution >= 4 is 17.4 Å². The molecular formula is C25H30N2O. The van der Waals surface area contributed by atoms with Gasteiger partial charge in [-0.3, -0.25) is 4.90 Å². The normalized spacial score (nSPS) is 28.5. The number of ether oxygens (including phenoxy) is 1. The minimum absolute atomic E-state index is 0.158. The van der Waals surface area contributed by atoms with Crippen LogP contribution in [0.3, 0.4) is 0 Å². The Kier molecular flexibility index (Phi) is 5.01. The van der Waals surface area contributed by atoms with E-state index in [4.69, 9.17) is 9.73 Å². The summed E-state index contributed by atoms with van der Waals surface area (Å²) in [7, 11) is 0. The van der Waals surface area contributed by atoms with Crippen LogP contribution in [0.1, 0.15) is 37.3 Å². The first-order valence-corrected chi connectivity index (χ1v) is 10.3. The van der Waals surface area contributed by atoms with Crippen molar-refractivity contribution in [2.24, 2.45) is 16.8 Å². The number of benzene rings is 2. The number of nitrogens with zero attached hydrogens (tertiary/aromatic N) is 2. The van der Waals surface area contributed by atoms with Gasteiger partial charge >= 0.3 is 0 Å². The molecule has 3 atom stereocenters. The van der Waals surface area contributed by atoms with Crippen LogP contribution in [0.2, 0.25) is 0 Å². The highest BCUT2D eigenvalue weighted by Gasteiger charge is 2.51. The quantitative estimate of drug-likeness (QED) is 0.599. The third kappa shape index (κ3) is 3.34. The molecular weight excluding hydrogens is 344 g/mol. The lowest BCUT2D eigenvalue weighted by atomic mass is 9.67. The molecule has 0 N–H and O–H groups in total. The van der Waals surface area contributed by atoms with E-state index < -0.39 is 0 Å². The van der Waals surface area contributed by atoms with Crippen LogP contribution in [0.25, 0.3) is 0 Å². The Morgan fingerprint density at radius 1 is 1.04 bits per heavy atom. The van der Waals surface area contributed by atoms with Crippen LogP contribution < -0.4 is 4.90 Å². The van der Waals surface area contributed by atoms with Gasteiger partial charge in [-0.25, -0.2) is 0 Å². The number of rotatable bonds is 3. The Morgan fingerprint density at radius 3 is 2.32 bits per heavy atom. The summed E-state index contributed by atoms with van der Waals surface area (Å²) in [6.45, 7) is 11.5. The van der Waals surface area contributed by atoms with Gasteiger partial charge in [0.1, 0.15) is 0 Å². The van der Waals surface area contributed by atoms with Crippen molar-refractivity contribution in [3.8, 4) is 0 Å². The Labute approximate surface area is 168 Å². The van der Waals surface area contributed by atoms with E-state index in [0.29, 0.717) is 24.5 Å². The van der Waals surface area contributed by atoms with Gasteiger partial charge in [-0.15, -0.1) is 6.58 Å². The number of anilines is 1. The van der Waals surface area contributed by atoms with Gasteiger partial charge < -0.3 is 4.74 Å². The predicted octanol–water partition coefficient (Wildman–Crippen LogP) is 6.19. The topological polar surface area (TPSA) is 24.8 Å². The van der Waals surface area contributed by atoms with Crippen molar-refractivity contribution in [2.45, 2.75) is 45.6 Å². The fourth-order valence-corrected chi connectivity index (χ4v) is 4.68. The van der Waals surface area contributed by atoms with Crippen molar-refractivity contribution < 1.29 is 4.74 Å². The maximum absolute atomic E-state index is 6.27. The molecule has 146 valence electrons. The van der Waals surface area contributed by atoms with Crippen molar-refractivity contribution in [1.82, 2.24) is 0 Å². The first-order chi connectivity index (χ1) is 13.5. The maximum atomic E-state index is 6.27. The lowest BCUT2D eigenvalue weighted by Crippen LogP contribution is -2.63. The third-order valence-electron chi connectivity index (χ3n) is 6.32. The van der Waals surface area contributed by atoms with E-state index in [1.807, 2.05) is 0 Å². The van der Waals surface area contributed by atoms with Crippen LogP contribution in [0, 0.1) is 25.7 Å². The van der Waals surface area contributed by atoms with Crippen LogP contribution in [0.4, 0.5) is 11.4 Å². The van der Waals surface area contributed by atoms with E-state index in [1.54, 1.807) is 0 Å². The zero-order valence-electron chi connectivity index (χ0n) is 17.2. The molecule has 1 aliphatic heterocycles. The van der Waals surface area contributed by atoms with E-state index in [-0.39, 0.29) is 5.54 Å². The van der Waals surface area contributed by atoms with Crippen LogP contribution in [-0.2, 0) is 4.74 Å². The van der Waals surface area contributed by atoms with Crippen molar-refractivity contribution in [2.75, 3.05) is 11.5 Å². The molecule has 2 aliphatic rings. The first-order valence-electron chi connectivity index (χ1n) is 10.3. The summed E-state index contributed by atoms with van der Waals surface area (Å²) < 4.78 is 6.27. The van der Waals surface area contributed by atoms with Gasteiger partial charge in [-0.2, -0.15) is 4.99 Å². The molecule has 3 heteroatoms. The summed E-state index contributed by atoms with van der Waals surface area (Å²) in [6, 6.07) is 17.6. The summed E-state index contributed by atoms with van der Waals surface area (Å²) in [6.07, 6.45) is 5.63. The Hall–Kier alpha value is -2.55. The molecule has 3 nitrogen and oxygen atoms in total. The lowest BCUT2D eigenvalue weighted by Gasteiger charge is -2.54. The minimum atomic E-state index is -0.158. The minimum Gasteiger partial charge on any atom is -0.464 e. The fraction of sp³-hybridized carbons (Fsp3) is 0.400. The second-order valence-electron chi connectivity index (χ2n) is 8.49. The summed E-state index contributed by atoms with van der Waals surface area (Å²) in [4.78, 5) is 7.23. The second kappa shape index (κ2) is 7.46. The SMILES string of the molecule is C=C[C@]12CC(C)CC[C@H]1COC(=Nc1ccc(C)cc1)N2c1ccc(C)cc1. The van der Waals surface area contributed by atoms with Gasteiger partial charge in [0.15, 0.2) is 0 Å². The molecule has 1 heterocycles. The summed E-state index contributed by atoms with van der Waals surface area (Å²) in [5.41, 5.74) is 4.36. The molecule has 0 spiro atoms. The van der Waals surface area contributed by atoms with E-state index in [0.717, 1.165) is 24.2 Å². The number of hydrogen-bond donors (Lipinski definition) is 0. The average Bonchev–Trinajstić information content (AvgIpc) is 2.70. The third-order valence-corrected chi connectivity index (χ3v) is 6.32. The van der Waals surface area contributed by atoms with Crippen molar-refractivity contribution in [1.29, 1.82) is 0 Å². The summed E-state index contributed by atoms with van der Waals surface area (Å²) >= 11 is 0. The highest BCUT2D eigenvalue weighted by atomic mass is 16.5. The van der Waals surface area contributed by atoms with E-state index >= 15 is 0 Å². The van der Waals surface area contributed by atoms with Gasteiger partial charge in [0.25, 0.3) is 6.02 Å². The first kappa shape index (κ1) is 18.8. The van der Waals surface area contributed by atoms with Crippen LogP contribution in [0.15, 0.2) is 66.2 Å². The van der Waals surface area contributed by atoms with Gasteiger partial charge in [0.05, 0.1) is 17.8 Å². The van der Waals surface area contributed by atoms with Gasteiger partial charge in [0, 0.05) is 11.6 Å². The molecule has 2 fully saturated rings. The Balaban J connectivity index is 1.84. The molecule has 0 radical (unpaired) electrons. The Morgan fingerprint density at radius 2 is 1.68 bits per heavy atom. The molecule has 0 bridgehead atoms. The van der Waals surface area contributed by atoms with E-state index in [1.165, 1.54) is 17.5 Å². The molecule has 2 aromatic carbocycles. The highest BCUT2D eigenvalue weighted by molar-refractivity contribution is 5.96. The highest BCUT2D eigenvalue weighted by Crippen LogP contribution is 2.47. The van der Waals surface area contributed by atoms with E-state index in [9.17, 15) is 0 Å². The number of amidine groups is 1. The second-order valence-corrected chi connectivity index (χ2v) is 8.49. The van der Waals surface area contributed by atoms with Gasteiger partial charge in [-0.1, -0.05) is 54.8 Å². The van der Waals surface area contributed by atoms with Crippen molar-refractivity contribution in [3.63, 3.8) is 0 Å². The molecule has 1 aliphatic carbocycles. The smallest absolute Gasteiger partial charge is 0.298 e. The number of fused-ring (bicyclic) bond motifs is 1. The zero-order chi connectivity index (χ0) is 19.7. The maximum Gasteiger partial charge on any atom is 0.298 e. The predicted molar refractivity (Wildman–Crippen MR) is 117 cm³/mol. The fourth-order valence-electron chi connectivity index (χ4n) is 4.68. The number of aliphatic imine (C=N–C) groups is 1. The van der Waals surface area contributed by atoms with Gasteiger partial charge in [-0.05, 0) is 56.9 Å². The molecule has 1 saturated heterocycles. The largest absolute Gasteiger partial charge is 0.464 e. The molecule has 2 aromatic rings. The molecule has 1 unspecified atom stereocenters. The summed E-state index contributed by atoms with van der Waals surface area (Å²) in [5.74, 6) is 1.08. The van der Waals surface area contributed by atoms with E-state index in [2.05, 4.69) is 86.9 Å². The zero-order valence-corrected chi connectivity index (χ0v) is 17.2. The Bertz CT molecular complexity index is 868. The lowest BCUT2D eigenvalue weighted by molar-refractivity contribution is 0.0870. The average molecular weight is 375 g/mol. The monoisotopic (exact) mass is 374 g/mol. The van der Waals surface area contributed by atoms with Crippen molar-refractivity contribution in [3.05, 3.63) is 72.3 Å². The molecule has 28 heavy (non-hydrogen) atoms. The van der Waals surface area contributed by atoms with Crippen LogP contribution >= 0.6 is 0 Å². The summed E-state index contributed by atoms with van der Waals surface area (Å²) in [5, 5.41) is 0. The molecule has 0 aromatic heterocycles. The van der Waals surface area contributed by atoms with Gasteiger partial charge in [0.2, 0.25) is 0 Å². The van der Waals surface area contributed by atoms with Crippen LogP contribution in [0.5, 0.6) is 0 Å². The number of aryl methyl sites for hydroxylation is 2. The number of hydrogen-bond acceptors (Lipinski definition) is 2.